The number of aryl methyl sites for hydroxylation is 1. The SMILES string of the molecule is CCNC(=NCc1nc(C)no1)NCC(c1cccs1)N1CCOCC1.I. The van der Waals surface area contributed by atoms with E-state index in [2.05, 4.69) is 48.2 Å². The normalized spacial score (nSPS) is 16.6. The van der Waals surface area contributed by atoms with Gasteiger partial charge in [-0.25, -0.2) is 4.99 Å². The molecule has 0 spiro atoms. The van der Waals surface area contributed by atoms with Crippen molar-refractivity contribution < 1.29 is 9.26 Å². The Balaban J connectivity index is 0.00000261. The summed E-state index contributed by atoms with van der Waals surface area (Å²) in [6.45, 7) is 9.22. The van der Waals surface area contributed by atoms with E-state index in [1.807, 2.05) is 6.92 Å². The number of nitrogens with one attached hydrogen (secondary N) is 2. The van der Waals surface area contributed by atoms with Crippen LogP contribution < -0.4 is 10.6 Å². The summed E-state index contributed by atoms with van der Waals surface area (Å²) in [6, 6.07) is 4.59. The number of ether oxygens (including phenoxy) is 1. The quantitative estimate of drug-likeness (QED) is 0.338. The topological polar surface area (TPSA) is 87.8 Å². The van der Waals surface area contributed by atoms with Crippen molar-refractivity contribution in [3.8, 4) is 0 Å². The third-order valence-corrected chi connectivity index (χ3v) is 5.08. The second kappa shape index (κ2) is 11.6. The Bertz CT molecular complexity index is 687. The van der Waals surface area contributed by atoms with Gasteiger partial charge in [-0.3, -0.25) is 4.90 Å². The smallest absolute Gasteiger partial charge is 0.248 e. The molecule has 2 aromatic heterocycles. The summed E-state index contributed by atoms with van der Waals surface area (Å²) in [4.78, 5) is 12.6. The number of rotatable bonds is 7. The molecule has 0 amide bonds. The van der Waals surface area contributed by atoms with Gasteiger partial charge in [0, 0.05) is 31.1 Å². The fourth-order valence-electron chi connectivity index (χ4n) is 2.87. The number of hydrogen-bond acceptors (Lipinski definition) is 7. The van der Waals surface area contributed by atoms with Crippen molar-refractivity contribution in [1.29, 1.82) is 0 Å². The van der Waals surface area contributed by atoms with Crippen molar-refractivity contribution in [3.63, 3.8) is 0 Å². The Morgan fingerprint density at radius 3 is 2.81 bits per heavy atom. The maximum Gasteiger partial charge on any atom is 0.248 e. The first-order valence-corrected chi connectivity index (χ1v) is 9.80. The zero-order valence-corrected chi connectivity index (χ0v) is 18.8. The summed E-state index contributed by atoms with van der Waals surface area (Å²) in [5, 5.41) is 12.7. The molecule has 1 unspecified atom stereocenters. The Kier molecular flexibility index (Phi) is 9.45. The van der Waals surface area contributed by atoms with E-state index in [-0.39, 0.29) is 24.0 Å². The van der Waals surface area contributed by atoms with Gasteiger partial charge < -0.3 is 19.9 Å². The average Bonchev–Trinajstić information content (AvgIpc) is 3.33. The number of halogens is 1. The molecular weight excluding hydrogens is 479 g/mol. The zero-order chi connectivity index (χ0) is 18.2. The van der Waals surface area contributed by atoms with Crippen LogP contribution in [0.4, 0.5) is 0 Å². The lowest BCUT2D eigenvalue weighted by Crippen LogP contribution is -2.46. The lowest BCUT2D eigenvalue weighted by atomic mass is 10.2. The van der Waals surface area contributed by atoms with Crippen molar-refractivity contribution in [2.45, 2.75) is 26.4 Å². The molecular formula is C17H27IN6O2S. The van der Waals surface area contributed by atoms with Gasteiger partial charge in [-0.1, -0.05) is 11.2 Å². The summed E-state index contributed by atoms with van der Waals surface area (Å²) in [5.41, 5.74) is 0. The minimum atomic E-state index is 0. The molecule has 8 nitrogen and oxygen atoms in total. The highest BCUT2D eigenvalue weighted by Crippen LogP contribution is 2.25. The highest BCUT2D eigenvalue weighted by molar-refractivity contribution is 14.0. The molecule has 0 aliphatic carbocycles. The van der Waals surface area contributed by atoms with Crippen LogP contribution >= 0.6 is 35.3 Å². The van der Waals surface area contributed by atoms with E-state index in [1.54, 1.807) is 18.3 Å². The first kappa shape index (κ1) is 22.1. The standard InChI is InChI=1S/C17H26N6O2S.HI/c1-3-18-17(20-12-16-21-13(2)22-25-16)19-11-14(15-5-4-10-26-15)23-6-8-24-9-7-23;/h4-5,10,14H,3,6-9,11-12H2,1-2H3,(H2,18,19,20);1H. The monoisotopic (exact) mass is 506 g/mol. The molecule has 1 aliphatic heterocycles. The van der Waals surface area contributed by atoms with E-state index in [4.69, 9.17) is 9.26 Å². The number of aromatic nitrogens is 2. The number of thiophene rings is 1. The molecule has 2 aromatic rings. The van der Waals surface area contributed by atoms with Crippen molar-refractivity contribution in [2.75, 3.05) is 39.4 Å². The maximum atomic E-state index is 5.50. The second-order valence-electron chi connectivity index (χ2n) is 5.99. The molecule has 0 radical (unpaired) electrons. The molecule has 10 heteroatoms. The molecule has 3 rings (SSSR count). The van der Waals surface area contributed by atoms with Crippen LogP contribution in [0.2, 0.25) is 0 Å². The molecule has 0 aromatic carbocycles. The van der Waals surface area contributed by atoms with Crippen molar-refractivity contribution in [2.24, 2.45) is 4.99 Å². The highest BCUT2D eigenvalue weighted by Gasteiger charge is 2.23. The van der Waals surface area contributed by atoms with Crippen LogP contribution in [0, 0.1) is 6.92 Å². The van der Waals surface area contributed by atoms with Gasteiger partial charge in [0.15, 0.2) is 11.8 Å². The van der Waals surface area contributed by atoms with Crippen LogP contribution in [0.15, 0.2) is 27.0 Å². The number of aliphatic imine (C=N–C) groups is 1. The van der Waals surface area contributed by atoms with Gasteiger partial charge in [-0.05, 0) is 25.3 Å². The summed E-state index contributed by atoms with van der Waals surface area (Å²) >= 11 is 1.79. The minimum absolute atomic E-state index is 0. The van der Waals surface area contributed by atoms with Gasteiger partial charge in [0.1, 0.15) is 6.54 Å². The van der Waals surface area contributed by atoms with Gasteiger partial charge in [0.05, 0.1) is 19.3 Å². The van der Waals surface area contributed by atoms with E-state index in [0.29, 0.717) is 24.3 Å². The third kappa shape index (κ3) is 6.70. The predicted octanol–water partition coefficient (Wildman–Crippen LogP) is 2.19. The molecule has 1 fully saturated rings. The average molecular weight is 506 g/mol. The summed E-state index contributed by atoms with van der Waals surface area (Å²) in [7, 11) is 0. The van der Waals surface area contributed by atoms with E-state index in [0.717, 1.165) is 45.4 Å². The summed E-state index contributed by atoms with van der Waals surface area (Å²) < 4.78 is 10.6. The molecule has 150 valence electrons. The van der Waals surface area contributed by atoms with Crippen molar-refractivity contribution in [3.05, 3.63) is 34.1 Å². The Labute approximate surface area is 180 Å². The van der Waals surface area contributed by atoms with Gasteiger partial charge in [-0.15, -0.1) is 35.3 Å². The number of morpholine rings is 1. The number of nitrogens with zero attached hydrogens (tertiary/aromatic N) is 4. The van der Waals surface area contributed by atoms with Crippen molar-refractivity contribution >= 4 is 41.3 Å². The molecule has 0 saturated carbocycles. The predicted molar refractivity (Wildman–Crippen MR) is 117 cm³/mol. The first-order valence-electron chi connectivity index (χ1n) is 8.93. The third-order valence-electron chi connectivity index (χ3n) is 4.11. The number of guanidine groups is 1. The van der Waals surface area contributed by atoms with Crippen LogP contribution in [0.1, 0.15) is 29.6 Å². The van der Waals surface area contributed by atoms with Gasteiger partial charge in [-0.2, -0.15) is 4.98 Å². The largest absolute Gasteiger partial charge is 0.379 e. The first-order chi connectivity index (χ1) is 12.8. The van der Waals surface area contributed by atoms with E-state index < -0.39 is 0 Å². The zero-order valence-electron chi connectivity index (χ0n) is 15.7. The van der Waals surface area contributed by atoms with Crippen LogP contribution in [0.25, 0.3) is 0 Å². The minimum Gasteiger partial charge on any atom is -0.379 e. The summed E-state index contributed by atoms with van der Waals surface area (Å²) in [5.74, 6) is 1.89. The van der Waals surface area contributed by atoms with Gasteiger partial charge >= 0.3 is 0 Å². The van der Waals surface area contributed by atoms with Crippen LogP contribution in [0.5, 0.6) is 0 Å². The molecule has 27 heavy (non-hydrogen) atoms. The number of hydrogen-bond donors (Lipinski definition) is 2. The van der Waals surface area contributed by atoms with Crippen molar-refractivity contribution in [1.82, 2.24) is 25.7 Å². The fraction of sp³-hybridized carbons (Fsp3) is 0.588. The van der Waals surface area contributed by atoms with Gasteiger partial charge in [0.25, 0.3) is 0 Å². The lowest BCUT2D eigenvalue weighted by molar-refractivity contribution is 0.0177. The van der Waals surface area contributed by atoms with E-state index in [1.165, 1.54) is 4.88 Å². The lowest BCUT2D eigenvalue weighted by Gasteiger charge is -2.34. The molecule has 1 atom stereocenters. The molecule has 3 heterocycles. The van der Waals surface area contributed by atoms with E-state index >= 15 is 0 Å². The Morgan fingerprint density at radius 2 is 2.19 bits per heavy atom. The van der Waals surface area contributed by atoms with E-state index in [9.17, 15) is 0 Å². The van der Waals surface area contributed by atoms with Crippen LogP contribution in [0.3, 0.4) is 0 Å². The maximum absolute atomic E-state index is 5.50. The molecule has 1 aliphatic rings. The highest BCUT2D eigenvalue weighted by atomic mass is 127. The fourth-order valence-corrected chi connectivity index (χ4v) is 3.73. The second-order valence-corrected chi connectivity index (χ2v) is 6.97. The molecule has 2 N–H and O–H groups in total. The Morgan fingerprint density at radius 1 is 1.37 bits per heavy atom. The van der Waals surface area contributed by atoms with Crippen LogP contribution in [-0.2, 0) is 11.3 Å². The molecule has 1 saturated heterocycles. The molecule has 0 bridgehead atoms. The van der Waals surface area contributed by atoms with Gasteiger partial charge in [0.2, 0.25) is 5.89 Å². The summed E-state index contributed by atoms with van der Waals surface area (Å²) in [6.07, 6.45) is 0. The Hall–Kier alpha value is -1.24. The van der Waals surface area contributed by atoms with Crippen LogP contribution in [-0.4, -0.2) is 60.4 Å².